The first-order valence-electron chi connectivity index (χ1n) is 6.87. The van der Waals surface area contributed by atoms with Crippen LogP contribution in [0.1, 0.15) is 39.7 Å². The summed E-state index contributed by atoms with van der Waals surface area (Å²) >= 11 is 0. The van der Waals surface area contributed by atoms with Crippen LogP contribution < -0.4 is 10.2 Å². The Morgan fingerprint density at radius 3 is 2.42 bits per heavy atom. The maximum Gasteiger partial charge on any atom is 0.229 e. The largest absolute Gasteiger partial charge is 0.309 e. The molecule has 1 aromatic carbocycles. The van der Waals surface area contributed by atoms with E-state index >= 15 is 0 Å². The van der Waals surface area contributed by atoms with E-state index < -0.39 is 0 Å². The summed E-state index contributed by atoms with van der Waals surface area (Å²) in [6.45, 7) is 11.3. The number of benzene rings is 1. The summed E-state index contributed by atoms with van der Waals surface area (Å²) in [5.74, 6) is 0.189. The molecule has 1 N–H and O–H groups in total. The number of nitrogens with zero attached hydrogens (tertiary/aromatic N) is 1. The van der Waals surface area contributed by atoms with Crippen molar-refractivity contribution in [2.45, 2.75) is 52.1 Å². The highest BCUT2D eigenvalue weighted by atomic mass is 16.2. The lowest BCUT2D eigenvalue weighted by molar-refractivity contribution is -0.120. The van der Waals surface area contributed by atoms with Crippen molar-refractivity contribution < 1.29 is 4.79 Å². The number of nitrogens with one attached hydrogen (secondary N) is 1. The molecule has 0 aromatic heterocycles. The molecular weight excluding hydrogens is 236 g/mol. The highest BCUT2D eigenvalue weighted by molar-refractivity contribution is 5.96. The van der Waals surface area contributed by atoms with E-state index in [-0.39, 0.29) is 17.0 Å². The van der Waals surface area contributed by atoms with E-state index in [1.807, 2.05) is 23.1 Å². The van der Waals surface area contributed by atoms with E-state index in [2.05, 4.69) is 46.0 Å². The van der Waals surface area contributed by atoms with Crippen molar-refractivity contribution in [2.75, 3.05) is 11.4 Å². The summed E-state index contributed by atoms with van der Waals surface area (Å²) in [4.78, 5) is 14.6. The normalized spacial score (nSPS) is 22.2. The maximum absolute atomic E-state index is 12.7. The smallest absolute Gasteiger partial charge is 0.229 e. The molecule has 3 nitrogen and oxygen atoms in total. The Labute approximate surface area is 116 Å². The fraction of sp³-hybridized carbons (Fsp3) is 0.562. The van der Waals surface area contributed by atoms with Gasteiger partial charge in [0.05, 0.1) is 5.54 Å². The summed E-state index contributed by atoms with van der Waals surface area (Å²) in [5, 5.41) is 3.50. The number of rotatable bonds is 1. The van der Waals surface area contributed by atoms with Gasteiger partial charge in [0.1, 0.15) is 0 Å². The van der Waals surface area contributed by atoms with Crippen LogP contribution in [0.15, 0.2) is 24.3 Å². The van der Waals surface area contributed by atoms with Gasteiger partial charge < -0.3 is 10.2 Å². The number of aryl methyl sites for hydroxylation is 1. The van der Waals surface area contributed by atoms with Gasteiger partial charge in [-0.05, 0) is 46.2 Å². The van der Waals surface area contributed by atoms with Gasteiger partial charge in [0.2, 0.25) is 5.91 Å². The SMILES string of the molecule is Cc1ccccc1N1C(=O)CC(C)(C)NCC1(C)C. The highest BCUT2D eigenvalue weighted by Gasteiger charge is 2.39. The Hall–Kier alpha value is -1.35. The van der Waals surface area contributed by atoms with Gasteiger partial charge in [-0.1, -0.05) is 18.2 Å². The van der Waals surface area contributed by atoms with E-state index in [0.717, 1.165) is 17.8 Å². The van der Waals surface area contributed by atoms with Crippen molar-refractivity contribution in [1.29, 1.82) is 0 Å². The molecule has 0 bridgehead atoms. The van der Waals surface area contributed by atoms with Crippen LogP contribution in [-0.2, 0) is 4.79 Å². The summed E-state index contributed by atoms with van der Waals surface area (Å²) in [5.41, 5.74) is 1.79. The molecule has 1 saturated heterocycles. The minimum Gasteiger partial charge on any atom is -0.309 e. The molecule has 0 spiro atoms. The zero-order chi connectivity index (χ0) is 14.3. The van der Waals surface area contributed by atoms with Gasteiger partial charge >= 0.3 is 0 Å². The van der Waals surface area contributed by atoms with Crippen LogP contribution in [0.3, 0.4) is 0 Å². The third-order valence-electron chi connectivity index (χ3n) is 3.80. The molecule has 0 atom stereocenters. The van der Waals surface area contributed by atoms with Crippen molar-refractivity contribution in [3.63, 3.8) is 0 Å². The Morgan fingerprint density at radius 2 is 1.79 bits per heavy atom. The lowest BCUT2D eigenvalue weighted by Crippen LogP contribution is -2.51. The fourth-order valence-electron chi connectivity index (χ4n) is 2.67. The molecule has 0 unspecified atom stereocenters. The van der Waals surface area contributed by atoms with Crippen LogP contribution in [-0.4, -0.2) is 23.5 Å². The third kappa shape index (κ3) is 2.81. The lowest BCUT2D eigenvalue weighted by atomic mass is 10.00. The van der Waals surface area contributed by atoms with Gasteiger partial charge in [-0.15, -0.1) is 0 Å². The minimum atomic E-state index is -0.225. The predicted octanol–water partition coefficient (Wildman–Crippen LogP) is 2.88. The number of hydrogen-bond acceptors (Lipinski definition) is 2. The van der Waals surface area contributed by atoms with Crippen LogP contribution in [0.4, 0.5) is 5.69 Å². The van der Waals surface area contributed by atoms with Crippen LogP contribution in [0, 0.1) is 6.92 Å². The van der Waals surface area contributed by atoms with Gasteiger partial charge in [-0.3, -0.25) is 4.79 Å². The van der Waals surface area contributed by atoms with Gasteiger partial charge in [-0.25, -0.2) is 0 Å². The van der Waals surface area contributed by atoms with Gasteiger partial charge in [-0.2, -0.15) is 0 Å². The lowest BCUT2D eigenvalue weighted by Gasteiger charge is -2.37. The van der Waals surface area contributed by atoms with E-state index in [9.17, 15) is 4.79 Å². The first-order chi connectivity index (χ1) is 8.73. The molecule has 0 radical (unpaired) electrons. The van der Waals surface area contributed by atoms with Crippen molar-refractivity contribution in [3.8, 4) is 0 Å². The molecule has 1 heterocycles. The zero-order valence-electron chi connectivity index (χ0n) is 12.6. The molecule has 1 aromatic rings. The Bertz CT molecular complexity index is 491. The van der Waals surface area contributed by atoms with E-state index in [0.29, 0.717) is 6.42 Å². The maximum atomic E-state index is 12.7. The van der Waals surface area contributed by atoms with Gasteiger partial charge in [0, 0.05) is 24.2 Å². The van der Waals surface area contributed by atoms with Crippen LogP contribution in [0.2, 0.25) is 0 Å². The number of carbonyl (C=O) groups is 1. The van der Waals surface area contributed by atoms with E-state index in [1.165, 1.54) is 0 Å². The zero-order valence-corrected chi connectivity index (χ0v) is 12.6. The molecule has 1 aliphatic heterocycles. The Morgan fingerprint density at radius 1 is 1.16 bits per heavy atom. The molecule has 1 amide bonds. The Kier molecular flexibility index (Phi) is 3.43. The number of carbonyl (C=O) groups excluding carboxylic acids is 1. The van der Waals surface area contributed by atoms with Crippen LogP contribution in [0.5, 0.6) is 0 Å². The number of hydrogen-bond donors (Lipinski definition) is 1. The molecule has 0 aliphatic carbocycles. The summed E-state index contributed by atoms with van der Waals surface area (Å²) in [6, 6.07) is 8.10. The van der Waals surface area contributed by atoms with Crippen LogP contribution >= 0.6 is 0 Å². The first kappa shape index (κ1) is 14.1. The quantitative estimate of drug-likeness (QED) is 0.842. The number of para-hydroxylation sites is 1. The van der Waals surface area contributed by atoms with Gasteiger partial charge in [0.15, 0.2) is 0 Å². The molecule has 1 aliphatic rings. The Balaban J connectivity index is 2.47. The molecule has 0 saturated carbocycles. The molecule has 19 heavy (non-hydrogen) atoms. The molecule has 3 heteroatoms. The second kappa shape index (κ2) is 4.64. The summed E-state index contributed by atoms with van der Waals surface area (Å²) in [6.07, 6.45) is 0.519. The second-order valence-corrected chi connectivity index (χ2v) is 6.74. The first-order valence-corrected chi connectivity index (χ1v) is 6.87. The standard InChI is InChI=1S/C16H24N2O/c1-12-8-6-7-9-13(12)18-14(19)10-15(2,3)17-11-16(18,4)5/h6-9,17H,10-11H2,1-5H3. The number of amides is 1. The van der Waals surface area contributed by atoms with Crippen molar-refractivity contribution in [3.05, 3.63) is 29.8 Å². The molecule has 2 rings (SSSR count). The third-order valence-corrected chi connectivity index (χ3v) is 3.80. The summed E-state index contributed by atoms with van der Waals surface area (Å²) < 4.78 is 0. The predicted molar refractivity (Wildman–Crippen MR) is 79.4 cm³/mol. The topological polar surface area (TPSA) is 32.3 Å². The van der Waals surface area contributed by atoms with Crippen LogP contribution in [0.25, 0.3) is 0 Å². The average Bonchev–Trinajstić information content (AvgIpc) is 2.36. The number of anilines is 1. The molecule has 104 valence electrons. The summed E-state index contributed by atoms with van der Waals surface area (Å²) in [7, 11) is 0. The highest BCUT2D eigenvalue weighted by Crippen LogP contribution is 2.31. The second-order valence-electron chi connectivity index (χ2n) is 6.74. The van der Waals surface area contributed by atoms with Crippen molar-refractivity contribution in [1.82, 2.24) is 5.32 Å². The average molecular weight is 260 g/mol. The minimum absolute atomic E-state index is 0.147. The molecule has 1 fully saturated rings. The van der Waals surface area contributed by atoms with Crippen molar-refractivity contribution >= 4 is 11.6 Å². The van der Waals surface area contributed by atoms with E-state index in [1.54, 1.807) is 0 Å². The van der Waals surface area contributed by atoms with E-state index in [4.69, 9.17) is 0 Å². The fourth-order valence-corrected chi connectivity index (χ4v) is 2.67. The van der Waals surface area contributed by atoms with Crippen molar-refractivity contribution in [2.24, 2.45) is 0 Å². The monoisotopic (exact) mass is 260 g/mol. The van der Waals surface area contributed by atoms with Gasteiger partial charge in [0.25, 0.3) is 0 Å². The molecular formula is C16H24N2O.